The van der Waals surface area contributed by atoms with Gasteiger partial charge in [-0.1, -0.05) is 6.92 Å². The average Bonchev–Trinajstić information content (AvgIpc) is 2.52. The lowest BCUT2D eigenvalue weighted by Crippen LogP contribution is -2.17. The molecule has 1 N–H and O–H groups in total. The van der Waals surface area contributed by atoms with Crippen LogP contribution in [0.5, 0.6) is 0 Å². The molecule has 2 nitrogen and oxygen atoms in total. The molecule has 1 aromatic heterocycles. The van der Waals surface area contributed by atoms with Crippen molar-refractivity contribution in [2.45, 2.75) is 39.0 Å². The molecule has 0 saturated heterocycles. The lowest BCUT2D eigenvalue weighted by atomic mass is 10.2. The maximum atomic E-state index is 5.47. The number of rotatable bonds is 6. The molecule has 1 aromatic rings. The minimum absolute atomic E-state index is 0.740. The first-order valence-corrected chi connectivity index (χ1v) is 6.71. The van der Waals surface area contributed by atoms with Crippen molar-refractivity contribution in [3.63, 3.8) is 0 Å². The fourth-order valence-corrected chi connectivity index (χ4v) is 1.86. The van der Waals surface area contributed by atoms with E-state index in [2.05, 4.69) is 24.6 Å². The van der Waals surface area contributed by atoms with Crippen molar-refractivity contribution in [2.24, 2.45) is 0 Å². The van der Waals surface area contributed by atoms with Crippen molar-refractivity contribution < 1.29 is 4.42 Å². The highest BCUT2D eigenvalue weighted by Crippen LogP contribution is 2.13. The third-order valence-electron chi connectivity index (χ3n) is 2.59. The SMILES string of the molecule is CSC(C)CCNCc1cc(C)oc1C. The number of nitrogens with one attached hydrogen (secondary N) is 1. The predicted molar refractivity (Wildman–Crippen MR) is 67.5 cm³/mol. The van der Waals surface area contributed by atoms with Crippen LogP contribution in [-0.4, -0.2) is 18.1 Å². The Morgan fingerprint density at radius 2 is 2.20 bits per heavy atom. The Morgan fingerprint density at radius 1 is 1.47 bits per heavy atom. The van der Waals surface area contributed by atoms with E-state index in [1.807, 2.05) is 25.6 Å². The van der Waals surface area contributed by atoms with Gasteiger partial charge in [0, 0.05) is 17.4 Å². The van der Waals surface area contributed by atoms with Crippen LogP contribution in [0.15, 0.2) is 10.5 Å². The summed E-state index contributed by atoms with van der Waals surface area (Å²) in [5.74, 6) is 2.04. The molecule has 1 rings (SSSR count). The molecule has 0 radical (unpaired) electrons. The standard InChI is InChI=1S/C12H21NOS/c1-9-7-12(11(3)14-9)8-13-6-5-10(2)15-4/h7,10,13H,5-6,8H2,1-4H3. The molecule has 0 fully saturated rings. The molecule has 1 atom stereocenters. The van der Waals surface area contributed by atoms with Crippen LogP contribution in [0.1, 0.15) is 30.4 Å². The van der Waals surface area contributed by atoms with E-state index < -0.39 is 0 Å². The van der Waals surface area contributed by atoms with Crippen LogP contribution in [0.4, 0.5) is 0 Å². The van der Waals surface area contributed by atoms with E-state index in [0.29, 0.717) is 0 Å². The van der Waals surface area contributed by atoms with Gasteiger partial charge in [-0.25, -0.2) is 0 Å². The highest BCUT2D eigenvalue weighted by molar-refractivity contribution is 7.99. The Hall–Kier alpha value is -0.410. The Bertz CT molecular complexity index is 296. The molecular formula is C12H21NOS. The smallest absolute Gasteiger partial charge is 0.105 e. The molecule has 1 heterocycles. The third-order valence-corrected chi connectivity index (χ3v) is 3.63. The second-order valence-corrected chi connectivity index (χ2v) is 5.23. The number of furan rings is 1. The van der Waals surface area contributed by atoms with Gasteiger partial charge in [0.25, 0.3) is 0 Å². The first kappa shape index (κ1) is 12.7. The number of hydrogen-bond acceptors (Lipinski definition) is 3. The fourth-order valence-electron chi connectivity index (χ4n) is 1.51. The summed E-state index contributed by atoms with van der Waals surface area (Å²) < 4.78 is 5.47. The van der Waals surface area contributed by atoms with Crippen molar-refractivity contribution in [3.05, 3.63) is 23.2 Å². The molecule has 0 amide bonds. The Balaban J connectivity index is 2.23. The Morgan fingerprint density at radius 3 is 2.73 bits per heavy atom. The van der Waals surface area contributed by atoms with Gasteiger partial charge < -0.3 is 9.73 Å². The lowest BCUT2D eigenvalue weighted by molar-refractivity contribution is 0.498. The van der Waals surface area contributed by atoms with Gasteiger partial charge in [0.15, 0.2) is 0 Å². The largest absolute Gasteiger partial charge is 0.466 e. The van der Waals surface area contributed by atoms with E-state index in [9.17, 15) is 0 Å². The third kappa shape index (κ3) is 4.31. The van der Waals surface area contributed by atoms with E-state index in [0.717, 1.165) is 29.9 Å². The molecule has 0 bridgehead atoms. The number of thioether (sulfide) groups is 1. The highest BCUT2D eigenvalue weighted by atomic mass is 32.2. The van der Waals surface area contributed by atoms with Crippen LogP contribution >= 0.6 is 11.8 Å². The van der Waals surface area contributed by atoms with Gasteiger partial charge in [-0.2, -0.15) is 11.8 Å². The minimum Gasteiger partial charge on any atom is -0.466 e. The summed E-state index contributed by atoms with van der Waals surface area (Å²) in [5.41, 5.74) is 1.28. The number of aryl methyl sites for hydroxylation is 2. The molecule has 0 aliphatic heterocycles. The van der Waals surface area contributed by atoms with Gasteiger partial charge in [0.05, 0.1) is 0 Å². The van der Waals surface area contributed by atoms with Crippen molar-refractivity contribution in [3.8, 4) is 0 Å². The summed E-state index contributed by atoms with van der Waals surface area (Å²) in [4.78, 5) is 0. The molecule has 0 saturated carbocycles. The van der Waals surface area contributed by atoms with Crippen molar-refractivity contribution >= 4 is 11.8 Å². The predicted octanol–water partition coefficient (Wildman–Crippen LogP) is 3.13. The Kier molecular flexibility index (Phi) is 5.26. The van der Waals surface area contributed by atoms with Crippen LogP contribution in [0.3, 0.4) is 0 Å². The Labute approximate surface area is 96.8 Å². The molecule has 0 aliphatic carbocycles. The normalized spacial score (nSPS) is 13.1. The van der Waals surface area contributed by atoms with Gasteiger partial charge in [0.2, 0.25) is 0 Å². The summed E-state index contributed by atoms with van der Waals surface area (Å²) in [6, 6.07) is 2.11. The van der Waals surface area contributed by atoms with Gasteiger partial charge in [-0.3, -0.25) is 0 Å². The molecule has 86 valence electrons. The van der Waals surface area contributed by atoms with Crippen LogP contribution in [0.2, 0.25) is 0 Å². The summed E-state index contributed by atoms with van der Waals surface area (Å²) in [7, 11) is 0. The summed E-state index contributed by atoms with van der Waals surface area (Å²) in [6.07, 6.45) is 3.38. The van der Waals surface area contributed by atoms with Gasteiger partial charge in [-0.15, -0.1) is 0 Å². The zero-order valence-corrected chi connectivity index (χ0v) is 10.9. The average molecular weight is 227 g/mol. The molecule has 15 heavy (non-hydrogen) atoms. The second kappa shape index (κ2) is 6.23. The first-order valence-electron chi connectivity index (χ1n) is 5.43. The van der Waals surface area contributed by atoms with Crippen LogP contribution in [0.25, 0.3) is 0 Å². The van der Waals surface area contributed by atoms with E-state index in [4.69, 9.17) is 4.42 Å². The van der Waals surface area contributed by atoms with E-state index in [-0.39, 0.29) is 0 Å². The highest BCUT2D eigenvalue weighted by Gasteiger charge is 2.04. The van der Waals surface area contributed by atoms with Crippen LogP contribution < -0.4 is 5.32 Å². The monoisotopic (exact) mass is 227 g/mol. The second-order valence-electron chi connectivity index (χ2n) is 3.95. The van der Waals surface area contributed by atoms with Crippen molar-refractivity contribution in [1.82, 2.24) is 5.32 Å². The zero-order chi connectivity index (χ0) is 11.3. The van der Waals surface area contributed by atoms with Crippen LogP contribution in [0, 0.1) is 13.8 Å². The summed E-state index contributed by atoms with van der Waals surface area (Å²) in [6.45, 7) is 8.27. The van der Waals surface area contributed by atoms with Gasteiger partial charge in [-0.05, 0) is 39.1 Å². The molecule has 0 spiro atoms. The topological polar surface area (TPSA) is 25.2 Å². The molecular weight excluding hydrogens is 206 g/mol. The summed E-state index contributed by atoms with van der Waals surface area (Å²) >= 11 is 1.92. The fraction of sp³-hybridized carbons (Fsp3) is 0.667. The minimum atomic E-state index is 0.740. The van der Waals surface area contributed by atoms with E-state index in [1.54, 1.807) is 0 Å². The maximum Gasteiger partial charge on any atom is 0.105 e. The molecule has 0 aromatic carbocycles. The first-order chi connectivity index (χ1) is 7.13. The molecule has 1 unspecified atom stereocenters. The maximum absolute atomic E-state index is 5.47. The van der Waals surface area contributed by atoms with Gasteiger partial charge >= 0.3 is 0 Å². The van der Waals surface area contributed by atoms with Crippen molar-refractivity contribution in [2.75, 3.05) is 12.8 Å². The summed E-state index contributed by atoms with van der Waals surface area (Å²) in [5, 5.41) is 4.19. The van der Waals surface area contributed by atoms with E-state index in [1.165, 1.54) is 12.0 Å². The zero-order valence-electron chi connectivity index (χ0n) is 10.1. The molecule has 3 heteroatoms. The number of hydrogen-bond donors (Lipinski definition) is 1. The lowest BCUT2D eigenvalue weighted by Gasteiger charge is -2.08. The molecule has 0 aliphatic rings. The van der Waals surface area contributed by atoms with Crippen LogP contribution in [-0.2, 0) is 6.54 Å². The van der Waals surface area contributed by atoms with E-state index >= 15 is 0 Å². The van der Waals surface area contributed by atoms with Gasteiger partial charge in [0.1, 0.15) is 11.5 Å². The quantitative estimate of drug-likeness (QED) is 0.756. The van der Waals surface area contributed by atoms with Crippen molar-refractivity contribution in [1.29, 1.82) is 0 Å².